The maximum Gasteiger partial charge on any atom is 0.113 e. The molecule has 0 aliphatic heterocycles. The number of hydrogen-bond donors (Lipinski definition) is 0. The number of aromatic nitrogens is 1. The van der Waals surface area contributed by atoms with Crippen molar-refractivity contribution in [3.63, 3.8) is 0 Å². The van der Waals surface area contributed by atoms with E-state index >= 15 is 0 Å². The van der Waals surface area contributed by atoms with Crippen LogP contribution in [0.4, 0.5) is 0 Å². The molecule has 1 aliphatic carbocycles. The zero-order chi connectivity index (χ0) is 7.84. The van der Waals surface area contributed by atoms with Crippen LogP contribution < -0.4 is 0 Å². The second kappa shape index (κ2) is 3.04. The highest BCUT2D eigenvalue weighted by Gasteiger charge is 2.39. The average Bonchev–Trinajstić information content (AvgIpc) is 2.68. The molecule has 0 radical (unpaired) electrons. The third-order valence-electron chi connectivity index (χ3n) is 1.93. The topological polar surface area (TPSA) is 12.9 Å². The van der Waals surface area contributed by atoms with Crippen molar-refractivity contribution in [3.05, 3.63) is 15.5 Å². The molecule has 1 fully saturated rings. The summed E-state index contributed by atoms with van der Waals surface area (Å²) in [4.78, 5) is 4.24. The molecule has 60 valence electrons. The van der Waals surface area contributed by atoms with Crippen molar-refractivity contribution in [2.24, 2.45) is 5.92 Å². The van der Waals surface area contributed by atoms with E-state index in [1.807, 2.05) is 0 Å². The molecule has 1 aromatic heterocycles. The molecular formula is C7H7BrClNS. The lowest BCUT2D eigenvalue weighted by atomic mass is 10.4. The number of halogens is 2. The monoisotopic (exact) mass is 251 g/mol. The Bertz CT molecular complexity index is 263. The molecule has 2 atom stereocenters. The van der Waals surface area contributed by atoms with Crippen molar-refractivity contribution in [2.75, 3.05) is 5.33 Å². The van der Waals surface area contributed by atoms with Crippen LogP contribution in [-0.4, -0.2) is 10.3 Å². The molecule has 0 saturated heterocycles. The van der Waals surface area contributed by atoms with Gasteiger partial charge >= 0.3 is 0 Å². The van der Waals surface area contributed by atoms with Gasteiger partial charge in [-0.05, 0) is 12.3 Å². The molecule has 1 heterocycles. The van der Waals surface area contributed by atoms with Crippen LogP contribution in [-0.2, 0) is 0 Å². The second-order valence-corrected chi connectivity index (χ2v) is 5.10. The molecule has 0 N–H and O–H groups in total. The summed E-state index contributed by atoms with van der Waals surface area (Å²) < 4.78 is 0.806. The molecule has 1 nitrogen and oxygen atoms in total. The molecule has 0 spiro atoms. The fraction of sp³-hybridized carbons (Fsp3) is 0.571. The lowest BCUT2D eigenvalue weighted by molar-refractivity contribution is 0.926. The van der Waals surface area contributed by atoms with Crippen molar-refractivity contribution < 1.29 is 0 Å². The van der Waals surface area contributed by atoms with E-state index < -0.39 is 0 Å². The Morgan fingerprint density at radius 1 is 1.82 bits per heavy atom. The molecule has 0 aromatic carbocycles. The van der Waals surface area contributed by atoms with E-state index in [1.54, 1.807) is 17.5 Å². The van der Waals surface area contributed by atoms with Crippen molar-refractivity contribution in [1.82, 2.24) is 4.98 Å². The Labute approximate surface area is 82.9 Å². The second-order valence-electron chi connectivity index (χ2n) is 2.76. The summed E-state index contributed by atoms with van der Waals surface area (Å²) in [5.74, 6) is 1.49. The first kappa shape index (κ1) is 8.02. The zero-order valence-electron chi connectivity index (χ0n) is 5.76. The first-order valence-corrected chi connectivity index (χ1v) is 5.80. The van der Waals surface area contributed by atoms with E-state index in [4.69, 9.17) is 11.6 Å². The fourth-order valence-corrected chi connectivity index (χ4v) is 3.01. The van der Waals surface area contributed by atoms with Crippen LogP contribution in [0.15, 0.2) is 6.20 Å². The van der Waals surface area contributed by atoms with Crippen LogP contribution in [0.1, 0.15) is 17.3 Å². The molecule has 4 heteroatoms. The highest BCUT2D eigenvalue weighted by Crippen LogP contribution is 2.49. The van der Waals surface area contributed by atoms with Crippen LogP contribution in [0, 0.1) is 5.92 Å². The van der Waals surface area contributed by atoms with Crippen LogP contribution in [0.5, 0.6) is 0 Å². The summed E-state index contributed by atoms with van der Waals surface area (Å²) in [6.45, 7) is 0. The van der Waals surface area contributed by atoms with Gasteiger partial charge in [0, 0.05) is 11.2 Å². The van der Waals surface area contributed by atoms with E-state index in [0.29, 0.717) is 5.92 Å². The maximum atomic E-state index is 5.77. The van der Waals surface area contributed by atoms with Gasteiger partial charge in [-0.2, -0.15) is 0 Å². The zero-order valence-corrected chi connectivity index (χ0v) is 8.92. The predicted octanol–water partition coefficient (Wildman–Crippen LogP) is 3.29. The van der Waals surface area contributed by atoms with Crippen molar-refractivity contribution in [1.29, 1.82) is 0 Å². The standard InChI is InChI=1S/C7H7BrClNS/c8-2-4-1-5(4)7-10-3-6(9)11-7/h3-5H,1-2H2. The average molecular weight is 253 g/mol. The molecule has 0 bridgehead atoms. The third kappa shape index (κ3) is 1.60. The summed E-state index contributed by atoms with van der Waals surface area (Å²) in [6.07, 6.45) is 3.01. The van der Waals surface area contributed by atoms with Gasteiger partial charge in [-0.15, -0.1) is 11.3 Å². The Morgan fingerprint density at radius 2 is 2.64 bits per heavy atom. The van der Waals surface area contributed by atoms with Gasteiger partial charge < -0.3 is 0 Å². The fourth-order valence-electron chi connectivity index (χ4n) is 1.16. The smallest absolute Gasteiger partial charge is 0.113 e. The number of thiazole rings is 1. The minimum Gasteiger partial charge on any atom is -0.248 e. The first-order chi connectivity index (χ1) is 5.31. The Balaban J connectivity index is 2.08. The van der Waals surface area contributed by atoms with Crippen LogP contribution >= 0.6 is 38.9 Å². The van der Waals surface area contributed by atoms with Gasteiger partial charge in [0.2, 0.25) is 0 Å². The van der Waals surface area contributed by atoms with Gasteiger partial charge in [0.25, 0.3) is 0 Å². The van der Waals surface area contributed by atoms with Crippen LogP contribution in [0.2, 0.25) is 4.34 Å². The lowest BCUT2D eigenvalue weighted by Gasteiger charge is -1.87. The highest BCUT2D eigenvalue weighted by molar-refractivity contribution is 9.09. The van der Waals surface area contributed by atoms with Crippen LogP contribution in [0.3, 0.4) is 0 Å². The van der Waals surface area contributed by atoms with Crippen molar-refractivity contribution in [2.45, 2.75) is 12.3 Å². The third-order valence-corrected chi connectivity index (χ3v) is 4.01. The normalized spacial score (nSPS) is 28.9. The maximum absolute atomic E-state index is 5.77. The molecule has 11 heavy (non-hydrogen) atoms. The van der Waals surface area contributed by atoms with Gasteiger partial charge in [-0.1, -0.05) is 27.5 Å². The molecule has 0 amide bonds. The molecular weight excluding hydrogens is 246 g/mol. The number of nitrogens with zero attached hydrogens (tertiary/aromatic N) is 1. The molecule has 1 aliphatic rings. The predicted molar refractivity (Wildman–Crippen MR) is 51.8 cm³/mol. The Morgan fingerprint density at radius 3 is 3.09 bits per heavy atom. The first-order valence-electron chi connectivity index (χ1n) is 3.48. The lowest BCUT2D eigenvalue weighted by Crippen LogP contribution is -1.81. The SMILES string of the molecule is Clc1cnc(C2CC2CBr)s1. The Hall–Kier alpha value is 0.400. The van der Waals surface area contributed by atoms with Gasteiger partial charge in [0.15, 0.2) is 0 Å². The van der Waals surface area contributed by atoms with E-state index in [2.05, 4.69) is 20.9 Å². The quantitative estimate of drug-likeness (QED) is 0.736. The van der Waals surface area contributed by atoms with Crippen molar-refractivity contribution in [3.8, 4) is 0 Å². The molecule has 1 saturated carbocycles. The summed E-state index contributed by atoms with van der Waals surface area (Å²) >= 11 is 10.8. The van der Waals surface area contributed by atoms with Gasteiger partial charge in [-0.3, -0.25) is 0 Å². The summed E-state index contributed by atoms with van der Waals surface area (Å²) in [7, 11) is 0. The largest absolute Gasteiger partial charge is 0.248 e. The van der Waals surface area contributed by atoms with Crippen molar-refractivity contribution >= 4 is 38.9 Å². The van der Waals surface area contributed by atoms with E-state index in [9.17, 15) is 0 Å². The minimum atomic E-state index is 0.687. The van der Waals surface area contributed by atoms with Crippen LogP contribution in [0.25, 0.3) is 0 Å². The van der Waals surface area contributed by atoms with Gasteiger partial charge in [0.05, 0.1) is 11.2 Å². The van der Waals surface area contributed by atoms with Gasteiger partial charge in [-0.25, -0.2) is 4.98 Å². The Kier molecular flexibility index (Phi) is 2.21. The highest BCUT2D eigenvalue weighted by atomic mass is 79.9. The van der Waals surface area contributed by atoms with E-state index in [1.165, 1.54) is 11.4 Å². The van der Waals surface area contributed by atoms with E-state index in [-0.39, 0.29) is 0 Å². The minimum absolute atomic E-state index is 0.687. The number of alkyl halides is 1. The molecule has 2 unspecified atom stereocenters. The molecule has 1 aromatic rings. The van der Waals surface area contributed by atoms with Gasteiger partial charge in [0.1, 0.15) is 4.34 Å². The summed E-state index contributed by atoms with van der Waals surface area (Å²) in [6, 6.07) is 0. The van der Waals surface area contributed by atoms with E-state index in [0.717, 1.165) is 15.6 Å². The number of rotatable bonds is 2. The number of hydrogen-bond acceptors (Lipinski definition) is 2. The summed E-state index contributed by atoms with van der Waals surface area (Å²) in [5.41, 5.74) is 0. The summed E-state index contributed by atoms with van der Waals surface area (Å²) in [5, 5.41) is 2.30. The molecule has 2 rings (SSSR count).